The molecule has 1 fully saturated rings. The second kappa shape index (κ2) is 15.1. The van der Waals surface area contributed by atoms with E-state index in [-0.39, 0.29) is 18.3 Å². The monoisotopic (exact) mass is 645 g/mol. The van der Waals surface area contributed by atoms with Crippen LogP contribution < -0.4 is 10.6 Å². The lowest BCUT2D eigenvalue weighted by Crippen LogP contribution is -2.47. The first kappa shape index (κ1) is 33.3. The Morgan fingerprint density at radius 3 is 2.50 bits per heavy atom. The largest absolute Gasteiger partial charge is 0.396 e. The third kappa shape index (κ3) is 7.59. The Kier molecular flexibility index (Phi) is 10.5. The molecule has 0 atom stereocenters. The minimum atomic E-state index is 0.0726. The number of hydrogen-bond donors (Lipinski definition) is 3. The van der Waals surface area contributed by atoms with Gasteiger partial charge in [0.2, 0.25) is 5.91 Å². The molecule has 48 heavy (non-hydrogen) atoms. The average molecular weight is 646 g/mol. The highest BCUT2D eigenvalue weighted by molar-refractivity contribution is 5.97. The van der Waals surface area contributed by atoms with Crippen molar-refractivity contribution in [3.8, 4) is 0 Å². The third-order valence-corrected chi connectivity index (χ3v) is 9.89. The number of likely N-dealkylation sites (tertiary alicyclic amines) is 1. The van der Waals surface area contributed by atoms with Crippen molar-refractivity contribution in [1.82, 2.24) is 19.4 Å². The highest BCUT2D eigenvalue weighted by Gasteiger charge is 2.26. The molecule has 2 heterocycles. The number of nitrogens with zero attached hydrogens (tertiary/aromatic N) is 5. The number of piperidine rings is 1. The number of rotatable bonds is 13. The Morgan fingerprint density at radius 1 is 1.00 bits per heavy atom. The highest BCUT2D eigenvalue weighted by atomic mass is 16.3. The number of benzene rings is 4. The van der Waals surface area contributed by atoms with Gasteiger partial charge in [0.25, 0.3) is 0 Å². The summed E-state index contributed by atoms with van der Waals surface area (Å²) in [6.45, 7) is 3.70. The number of nitrogens with one attached hydrogen (secondary N) is 1. The second-order valence-electron chi connectivity index (χ2n) is 13.1. The van der Waals surface area contributed by atoms with Crippen molar-refractivity contribution in [2.45, 2.75) is 44.7 Å². The fourth-order valence-corrected chi connectivity index (χ4v) is 6.96. The first-order valence-electron chi connectivity index (χ1n) is 17.0. The molecule has 1 saturated heterocycles. The summed E-state index contributed by atoms with van der Waals surface area (Å²) in [5.41, 5.74) is 11.4. The predicted molar refractivity (Wildman–Crippen MR) is 195 cm³/mol. The quantitative estimate of drug-likeness (QED) is 0.121. The number of aliphatic hydroxyl groups is 1. The number of amides is 1. The number of imidazole rings is 1. The van der Waals surface area contributed by atoms with E-state index in [1.165, 1.54) is 5.56 Å². The van der Waals surface area contributed by atoms with Gasteiger partial charge in [-0.15, -0.1) is 0 Å². The molecule has 9 heteroatoms. The van der Waals surface area contributed by atoms with E-state index in [0.717, 1.165) is 96.2 Å². The van der Waals surface area contributed by atoms with E-state index >= 15 is 0 Å². The van der Waals surface area contributed by atoms with E-state index in [9.17, 15) is 9.90 Å². The number of anilines is 1. The second-order valence-corrected chi connectivity index (χ2v) is 13.1. The van der Waals surface area contributed by atoms with Crippen LogP contribution in [0, 0.1) is 5.41 Å². The molecule has 4 aromatic carbocycles. The number of aryl methyl sites for hydroxylation is 3. The van der Waals surface area contributed by atoms with Gasteiger partial charge in [-0.05, 0) is 72.8 Å². The van der Waals surface area contributed by atoms with Crippen LogP contribution in [0.3, 0.4) is 0 Å². The maximum absolute atomic E-state index is 14.2. The van der Waals surface area contributed by atoms with Gasteiger partial charge in [0.05, 0.1) is 24.1 Å². The van der Waals surface area contributed by atoms with Crippen molar-refractivity contribution in [3.05, 3.63) is 107 Å². The van der Waals surface area contributed by atoms with Gasteiger partial charge in [0.15, 0.2) is 0 Å². The molecule has 250 valence electrons. The van der Waals surface area contributed by atoms with E-state index in [2.05, 4.69) is 76.0 Å². The Morgan fingerprint density at radius 2 is 1.75 bits per heavy atom. The van der Waals surface area contributed by atoms with Crippen LogP contribution in [0.2, 0.25) is 0 Å². The van der Waals surface area contributed by atoms with Gasteiger partial charge in [-0.3, -0.25) is 15.1 Å². The molecule has 1 aliphatic heterocycles. The summed E-state index contributed by atoms with van der Waals surface area (Å²) >= 11 is 0. The normalized spacial score (nSPS) is 14.2. The number of aliphatic hydroxyl groups excluding tert-OH is 1. The highest BCUT2D eigenvalue weighted by Crippen LogP contribution is 2.28. The Hall–Kier alpha value is -4.57. The van der Waals surface area contributed by atoms with Gasteiger partial charge in [0, 0.05) is 57.0 Å². The number of nitrogens with two attached hydrogens (primary N) is 1. The number of carbonyl (C=O) groups excluding carboxylic acids is 1. The maximum Gasteiger partial charge on any atom is 0.241 e. The fraction of sp³-hybridized carbons (Fsp3) is 0.359. The third-order valence-electron chi connectivity index (χ3n) is 9.89. The van der Waals surface area contributed by atoms with Crippen molar-refractivity contribution in [1.29, 1.82) is 5.41 Å². The Labute approximate surface area is 283 Å². The number of fused-ring (bicyclic) bond motifs is 2. The predicted octanol–water partition coefficient (Wildman–Crippen LogP) is 5.11. The molecule has 0 unspecified atom stereocenters. The zero-order chi connectivity index (χ0) is 33.6. The Bertz CT molecular complexity index is 1870. The molecule has 4 N–H and O–H groups in total. The zero-order valence-corrected chi connectivity index (χ0v) is 28.1. The first-order chi connectivity index (χ1) is 23.3. The van der Waals surface area contributed by atoms with Gasteiger partial charge in [-0.1, -0.05) is 66.7 Å². The summed E-state index contributed by atoms with van der Waals surface area (Å²) in [7, 11) is 4.19. The standard InChI is InChI=1S/C39H47N7O2/c1-43(21-6-24-47)32-19-22-45(23-20-32)27-38(48)46(26-31-9-5-8-29-7-3-4-10-34(29)31)33-16-17-36-35(25-33)42-37(44(36)2)18-13-28-11-14-30(15-12-28)39(40)41/h3-5,7-12,14-17,25,32,47H,6,13,18-24,26-27H2,1-2H3,(H3,40,41). The number of amidine groups is 1. The number of aromatic nitrogens is 2. The smallest absolute Gasteiger partial charge is 0.241 e. The maximum atomic E-state index is 14.2. The lowest BCUT2D eigenvalue weighted by molar-refractivity contribution is -0.120. The van der Waals surface area contributed by atoms with Crippen LogP contribution in [0.4, 0.5) is 5.69 Å². The number of carbonyl (C=O) groups is 1. The molecule has 9 nitrogen and oxygen atoms in total. The van der Waals surface area contributed by atoms with E-state index in [0.29, 0.717) is 19.1 Å². The molecule has 0 bridgehead atoms. The summed E-state index contributed by atoms with van der Waals surface area (Å²) < 4.78 is 2.14. The van der Waals surface area contributed by atoms with Crippen molar-refractivity contribution in [3.63, 3.8) is 0 Å². The van der Waals surface area contributed by atoms with Crippen LogP contribution in [0.25, 0.3) is 21.8 Å². The average Bonchev–Trinajstić information content (AvgIpc) is 3.43. The van der Waals surface area contributed by atoms with Gasteiger partial charge < -0.3 is 25.2 Å². The lowest BCUT2D eigenvalue weighted by atomic mass is 10.0. The minimum absolute atomic E-state index is 0.0726. The molecule has 1 aliphatic rings. The zero-order valence-electron chi connectivity index (χ0n) is 28.1. The molecule has 6 rings (SSSR count). The topological polar surface area (TPSA) is 115 Å². The molecule has 0 spiro atoms. The number of nitrogen functional groups attached to an aromatic ring is 1. The van der Waals surface area contributed by atoms with E-state index in [1.54, 1.807) is 0 Å². The van der Waals surface area contributed by atoms with Crippen molar-refractivity contribution in [2.75, 3.05) is 44.7 Å². The van der Waals surface area contributed by atoms with E-state index in [4.69, 9.17) is 16.1 Å². The molecule has 0 saturated carbocycles. The molecule has 1 aromatic heterocycles. The van der Waals surface area contributed by atoms with Crippen LogP contribution in [-0.4, -0.2) is 82.1 Å². The van der Waals surface area contributed by atoms with Crippen LogP contribution in [0.5, 0.6) is 0 Å². The van der Waals surface area contributed by atoms with Crippen molar-refractivity contribution in [2.24, 2.45) is 12.8 Å². The number of hydrogen-bond acceptors (Lipinski definition) is 6. The molecule has 1 amide bonds. The summed E-state index contributed by atoms with van der Waals surface area (Å²) in [4.78, 5) is 25.8. The molecular formula is C39H47N7O2. The van der Waals surface area contributed by atoms with Crippen molar-refractivity contribution >= 4 is 39.2 Å². The first-order valence-corrected chi connectivity index (χ1v) is 17.0. The Balaban J connectivity index is 1.23. The van der Waals surface area contributed by atoms with Gasteiger partial charge in [-0.25, -0.2) is 4.98 Å². The van der Waals surface area contributed by atoms with Crippen LogP contribution in [0.1, 0.15) is 41.8 Å². The van der Waals surface area contributed by atoms with Gasteiger partial charge in [0.1, 0.15) is 11.7 Å². The van der Waals surface area contributed by atoms with Crippen LogP contribution in [-0.2, 0) is 31.2 Å². The summed E-state index contributed by atoms with van der Waals surface area (Å²) in [6, 6.07) is 29.2. The van der Waals surface area contributed by atoms with Crippen LogP contribution in [0.15, 0.2) is 84.9 Å². The van der Waals surface area contributed by atoms with E-state index in [1.807, 2.05) is 42.3 Å². The van der Waals surface area contributed by atoms with Gasteiger partial charge in [-0.2, -0.15) is 0 Å². The molecule has 0 aliphatic carbocycles. The summed E-state index contributed by atoms with van der Waals surface area (Å²) in [6.07, 6.45) is 4.41. The van der Waals surface area contributed by atoms with Crippen molar-refractivity contribution < 1.29 is 9.90 Å². The lowest BCUT2D eigenvalue weighted by Gasteiger charge is -2.37. The minimum Gasteiger partial charge on any atom is -0.396 e. The fourth-order valence-electron chi connectivity index (χ4n) is 6.96. The van der Waals surface area contributed by atoms with E-state index < -0.39 is 0 Å². The summed E-state index contributed by atoms with van der Waals surface area (Å²) in [5, 5.41) is 19.2. The summed E-state index contributed by atoms with van der Waals surface area (Å²) in [5.74, 6) is 1.14. The molecule has 0 radical (unpaired) electrons. The molecule has 5 aromatic rings. The van der Waals surface area contributed by atoms with Gasteiger partial charge >= 0.3 is 0 Å². The molecular weight excluding hydrogens is 598 g/mol. The van der Waals surface area contributed by atoms with Crippen LogP contribution >= 0.6 is 0 Å². The SMILES string of the molecule is CN(CCCO)C1CCN(CC(=O)N(Cc2cccc3ccccc23)c2ccc3c(c2)nc(CCc2ccc(C(=N)N)cc2)n3C)CC1.